The van der Waals surface area contributed by atoms with Gasteiger partial charge in [0.1, 0.15) is 5.71 Å². The summed E-state index contributed by atoms with van der Waals surface area (Å²) in [6.45, 7) is 2.21. The quantitative estimate of drug-likeness (QED) is 0.459. The Balaban J connectivity index is 2.86. The van der Waals surface area contributed by atoms with E-state index in [-0.39, 0.29) is 5.38 Å². The van der Waals surface area contributed by atoms with Crippen molar-refractivity contribution in [3.63, 3.8) is 0 Å². The van der Waals surface area contributed by atoms with Crippen molar-refractivity contribution in [2.24, 2.45) is 4.99 Å². The van der Waals surface area contributed by atoms with Gasteiger partial charge in [0, 0.05) is 0 Å². The third kappa shape index (κ3) is 2.04. The van der Waals surface area contributed by atoms with Gasteiger partial charge in [-0.3, -0.25) is 9.79 Å². The van der Waals surface area contributed by atoms with E-state index in [2.05, 4.69) is 4.99 Å². The molecule has 60 valence electrons. The predicted molar refractivity (Wildman–Crippen MR) is 46.6 cm³/mol. The summed E-state index contributed by atoms with van der Waals surface area (Å²) in [7, 11) is 0. The molecule has 1 atom stereocenters. The van der Waals surface area contributed by atoms with E-state index in [1.165, 1.54) is 0 Å². The summed E-state index contributed by atoms with van der Waals surface area (Å²) in [6, 6.07) is 0. The molecule has 0 saturated heterocycles. The number of aliphatic imine (C=N–C) groups is 1. The van der Waals surface area contributed by atoms with Crippen LogP contribution in [0.5, 0.6) is 0 Å². The van der Waals surface area contributed by atoms with Gasteiger partial charge in [-0.1, -0.05) is 6.08 Å². The molecule has 0 aromatic heterocycles. The van der Waals surface area contributed by atoms with E-state index < -0.39 is 5.24 Å². The van der Waals surface area contributed by atoms with Gasteiger partial charge in [-0.2, -0.15) is 0 Å². The predicted octanol–water partition coefficient (Wildman–Crippen LogP) is 1.76. The third-order valence-electron chi connectivity index (χ3n) is 1.41. The lowest BCUT2D eigenvalue weighted by Gasteiger charge is -2.11. The molecule has 1 aliphatic heterocycles. The van der Waals surface area contributed by atoms with Gasteiger partial charge in [0.2, 0.25) is 0 Å². The number of alkyl halides is 1. The monoisotopic (exact) mass is 191 g/mol. The van der Waals surface area contributed by atoms with Gasteiger partial charge in [-0.15, -0.1) is 11.6 Å². The highest BCUT2D eigenvalue weighted by Crippen LogP contribution is 2.13. The number of hydrogen-bond donors (Lipinski definition) is 0. The Morgan fingerprint density at radius 3 is 2.91 bits per heavy atom. The average Bonchev–Trinajstić information content (AvgIpc) is 1.85. The van der Waals surface area contributed by atoms with Gasteiger partial charge in [0.15, 0.2) is 0 Å². The zero-order valence-corrected chi connectivity index (χ0v) is 7.49. The van der Waals surface area contributed by atoms with Crippen molar-refractivity contribution < 1.29 is 4.79 Å². The molecule has 11 heavy (non-hydrogen) atoms. The molecule has 0 aromatic carbocycles. The molecule has 0 aromatic rings. The van der Waals surface area contributed by atoms with E-state index in [9.17, 15) is 4.79 Å². The highest BCUT2D eigenvalue weighted by molar-refractivity contribution is 6.84. The first kappa shape index (κ1) is 8.75. The number of hydrogen-bond acceptors (Lipinski definition) is 2. The summed E-state index contributed by atoms with van der Waals surface area (Å²) < 4.78 is 0. The maximum Gasteiger partial charge on any atom is 0.270 e. The van der Waals surface area contributed by atoms with Crippen LogP contribution >= 0.6 is 23.2 Å². The summed E-state index contributed by atoms with van der Waals surface area (Å²) in [5, 5.41) is -0.614. The first-order valence-electron chi connectivity index (χ1n) is 3.18. The molecule has 1 aliphatic rings. The molecule has 1 heterocycles. The van der Waals surface area contributed by atoms with Crippen molar-refractivity contribution in [3.05, 3.63) is 11.6 Å². The summed E-state index contributed by atoms with van der Waals surface area (Å²) in [6.07, 6.45) is 1.78. The Morgan fingerprint density at radius 2 is 2.45 bits per heavy atom. The zero-order valence-electron chi connectivity index (χ0n) is 5.97. The first-order valence-corrected chi connectivity index (χ1v) is 4.00. The van der Waals surface area contributed by atoms with E-state index in [0.29, 0.717) is 12.3 Å². The molecule has 0 fully saturated rings. The van der Waals surface area contributed by atoms with Gasteiger partial charge in [-0.25, -0.2) is 0 Å². The van der Waals surface area contributed by atoms with Crippen LogP contribution in [0.3, 0.4) is 0 Å². The number of dihydropyridines is 1. The van der Waals surface area contributed by atoms with Crippen molar-refractivity contribution in [3.8, 4) is 0 Å². The average molecular weight is 192 g/mol. The van der Waals surface area contributed by atoms with Crippen molar-refractivity contribution in [1.29, 1.82) is 0 Å². The smallest absolute Gasteiger partial charge is 0.270 e. The van der Waals surface area contributed by atoms with Crippen LogP contribution in [0.1, 0.15) is 6.92 Å². The minimum atomic E-state index is -0.512. The minimum Gasteiger partial charge on any atom is -0.278 e. The van der Waals surface area contributed by atoms with Gasteiger partial charge in [0.25, 0.3) is 5.24 Å². The van der Waals surface area contributed by atoms with E-state index in [1.54, 1.807) is 13.0 Å². The van der Waals surface area contributed by atoms with Crippen LogP contribution in [0.2, 0.25) is 0 Å². The second kappa shape index (κ2) is 3.37. The van der Waals surface area contributed by atoms with Gasteiger partial charge >= 0.3 is 0 Å². The normalized spacial score (nSPS) is 24.1. The Bertz CT molecular complexity index is 245. The van der Waals surface area contributed by atoms with E-state index in [4.69, 9.17) is 23.2 Å². The molecule has 0 radical (unpaired) electrons. The van der Waals surface area contributed by atoms with Crippen LogP contribution in [0, 0.1) is 0 Å². The van der Waals surface area contributed by atoms with Gasteiger partial charge < -0.3 is 0 Å². The third-order valence-corrected chi connectivity index (χ3v) is 1.86. The number of allylic oxidation sites excluding steroid dienone is 1. The maximum atomic E-state index is 10.7. The Labute approximate surface area is 74.9 Å². The molecular formula is C7H7Cl2NO. The second-order valence-corrected chi connectivity index (χ2v) is 3.23. The highest BCUT2D eigenvalue weighted by Gasteiger charge is 2.16. The molecule has 0 amide bonds. The molecule has 4 heteroatoms. The summed E-state index contributed by atoms with van der Waals surface area (Å²) in [5.74, 6) is 0. The molecule has 0 aliphatic carbocycles. The lowest BCUT2D eigenvalue weighted by Crippen LogP contribution is -2.18. The molecule has 0 spiro atoms. The number of carbonyl (C=O) groups excluding carboxylic acids is 1. The van der Waals surface area contributed by atoms with E-state index in [1.807, 2.05) is 0 Å². The number of rotatable bonds is 1. The highest BCUT2D eigenvalue weighted by atomic mass is 35.5. The van der Waals surface area contributed by atoms with Crippen LogP contribution in [-0.2, 0) is 4.79 Å². The van der Waals surface area contributed by atoms with Crippen LogP contribution < -0.4 is 0 Å². The molecule has 0 N–H and O–H groups in total. The fourth-order valence-electron chi connectivity index (χ4n) is 0.923. The Morgan fingerprint density at radius 1 is 1.82 bits per heavy atom. The fourth-order valence-corrected chi connectivity index (χ4v) is 1.39. The van der Waals surface area contributed by atoms with E-state index >= 15 is 0 Å². The SMILES string of the molecule is CC1=CC(Cl)CN=C1C(=O)Cl. The maximum absolute atomic E-state index is 10.7. The molecule has 1 rings (SSSR count). The van der Waals surface area contributed by atoms with Crippen molar-refractivity contribution in [1.82, 2.24) is 0 Å². The lowest BCUT2D eigenvalue weighted by molar-refractivity contribution is -0.106. The molecule has 0 saturated carbocycles. The molecule has 1 unspecified atom stereocenters. The Kier molecular flexibility index (Phi) is 2.68. The lowest BCUT2D eigenvalue weighted by atomic mass is 10.1. The molecule has 2 nitrogen and oxygen atoms in total. The summed E-state index contributed by atoms with van der Waals surface area (Å²) in [4.78, 5) is 14.6. The largest absolute Gasteiger partial charge is 0.278 e. The van der Waals surface area contributed by atoms with Crippen LogP contribution in [-0.4, -0.2) is 22.9 Å². The zero-order chi connectivity index (χ0) is 8.43. The standard InChI is InChI=1S/C7H7Cl2NO/c1-4-2-5(8)3-10-6(4)7(9)11/h2,5H,3H2,1H3. The fraction of sp³-hybridized carbons (Fsp3) is 0.429. The summed E-state index contributed by atoms with van der Waals surface area (Å²) in [5.41, 5.74) is 1.10. The topological polar surface area (TPSA) is 29.4 Å². The van der Waals surface area contributed by atoms with Gasteiger partial charge in [0.05, 0.1) is 11.9 Å². The number of carbonyl (C=O) groups is 1. The van der Waals surface area contributed by atoms with E-state index in [0.717, 1.165) is 5.57 Å². The van der Waals surface area contributed by atoms with Crippen LogP contribution in [0.25, 0.3) is 0 Å². The van der Waals surface area contributed by atoms with Crippen molar-refractivity contribution in [2.75, 3.05) is 6.54 Å². The number of nitrogens with zero attached hydrogens (tertiary/aromatic N) is 1. The molecular weight excluding hydrogens is 185 g/mol. The Hall–Kier alpha value is -0.340. The van der Waals surface area contributed by atoms with Crippen molar-refractivity contribution in [2.45, 2.75) is 12.3 Å². The molecule has 0 bridgehead atoms. The van der Waals surface area contributed by atoms with Crippen LogP contribution in [0.4, 0.5) is 0 Å². The second-order valence-electron chi connectivity index (χ2n) is 2.33. The minimum absolute atomic E-state index is 0.102. The van der Waals surface area contributed by atoms with Gasteiger partial charge in [-0.05, 0) is 24.1 Å². The van der Waals surface area contributed by atoms with Crippen molar-refractivity contribution >= 4 is 34.2 Å². The number of halogens is 2. The van der Waals surface area contributed by atoms with Crippen LogP contribution in [0.15, 0.2) is 16.6 Å². The summed E-state index contributed by atoms with van der Waals surface area (Å²) >= 11 is 11.0. The first-order chi connectivity index (χ1) is 5.11.